The number of hydrogen-bond acceptors (Lipinski definition) is 4. The number of nitrogens with zero attached hydrogens (tertiary/aromatic N) is 2. The van der Waals surface area contributed by atoms with Crippen molar-refractivity contribution in [2.75, 3.05) is 19.0 Å². The van der Waals surface area contributed by atoms with Gasteiger partial charge in [0.15, 0.2) is 5.16 Å². The Labute approximate surface area is 193 Å². The van der Waals surface area contributed by atoms with Crippen LogP contribution in [0, 0.1) is 5.92 Å². The van der Waals surface area contributed by atoms with Gasteiger partial charge in [0.1, 0.15) is 0 Å². The second-order valence-corrected chi connectivity index (χ2v) is 9.03. The highest BCUT2D eigenvalue weighted by Gasteiger charge is 2.35. The summed E-state index contributed by atoms with van der Waals surface area (Å²) in [5.41, 5.74) is 0.347. The van der Waals surface area contributed by atoms with Gasteiger partial charge in [-0.25, -0.2) is 4.98 Å². The molecule has 0 radical (unpaired) electrons. The molecule has 0 aliphatic carbocycles. The van der Waals surface area contributed by atoms with Crippen LogP contribution in [0.25, 0.3) is 11.0 Å². The van der Waals surface area contributed by atoms with Crippen molar-refractivity contribution in [1.29, 1.82) is 0 Å². The molecule has 0 aliphatic heterocycles. The lowest BCUT2D eigenvalue weighted by atomic mass is 10.1. The molecule has 3 aromatic rings. The molecule has 32 heavy (non-hydrogen) atoms. The lowest BCUT2D eigenvalue weighted by molar-refractivity contribution is -0.137. The Morgan fingerprint density at radius 2 is 1.97 bits per heavy atom. The van der Waals surface area contributed by atoms with Gasteiger partial charge in [-0.2, -0.15) is 13.2 Å². The van der Waals surface area contributed by atoms with Crippen molar-refractivity contribution >= 4 is 46.0 Å². The van der Waals surface area contributed by atoms with Crippen molar-refractivity contribution in [3.8, 4) is 0 Å². The second-order valence-electron chi connectivity index (χ2n) is 7.49. The number of nitrogens with one attached hydrogen (secondary N) is 1. The summed E-state index contributed by atoms with van der Waals surface area (Å²) in [7, 11) is 1.59. The third-order valence-corrected chi connectivity index (χ3v) is 6.55. The van der Waals surface area contributed by atoms with Crippen LogP contribution in [0.5, 0.6) is 0 Å². The van der Waals surface area contributed by atoms with Gasteiger partial charge in [-0.15, -0.1) is 0 Å². The number of ether oxygens (including phenoxy) is 1. The molecule has 10 heteroatoms. The Morgan fingerprint density at radius 3 is 2.62 bits per heavy atom. The van der Waals surface area contributed by atoms with Gasteiger partial charge in [-0.05, 0) is 36.2 Å². The average Bonchev–Trinajstić information content (AvgIpc) is 3.05. The maximum Gasteiger partial charge on any atom is 0.418 e. The number of halogens is 4. The maximum atomic E-state index is 13.3. The molecule has 0 spiro atoms. The Bertz CT molecular complexity index is 1100. The van der Waals surface area contributed by atoms with Crippen molar-refractivity contribution in [2.45, 2.75) is 37.0 Å². The number of thioether (sulfide) groups is 1. The predicted molar refractivity (Wildman–Crippen MR) is 121 cm³/mol. The summed E-state index contributed by atoms with van der Waals surface area (Å²) in [4.78, 5) is 17.7. The number of para-hydroxylation sites is 1. The quantitative estimate of drug-likeness (QED) is 0.391. The third-order valence-electron chi connectivity index (χ3n) is 4.78. The molecule has 172 valence electrons. The van der Waals surface area contributed by atoms with Gasteiger partial charge in [0.25, 0.3) is 0 Å². The van der Waals surface area contributed by atoms with Crippen molar-refractivity contribution in [2.24, 2.45) is 5.92 Å². The molecular weight excluding hydrogens is 463 g/mol. The first-order chi connectivity index (χ1) is 15.1. The van der Waals surface area contributed by atoms with Crippen molar-refractivity contribution in [1.82, 2.24) is 9.55 Å². The molecule has 1 heterocycles. The van der Waals surface area contributed by atoms with Crippen molar-refractivity contribution < 1.29 is 22.7 Å². The molecule has 2 aromatic carbocycles. The van der Waals surface area contributed by atoms with Crippen LogP contribution in [-0.2, 0) is 22.3 Å². The smallest absolute Gasteiger partial charge is 0.383 e. The molecule has 1 N–H and O–H groups in total. The van der Waals surface area contributed by atoms with Gasteiger partial charge in [0, 0.05) is 18.7 Å². The second kappa shape index (κ2) is 10.1. The minimum atomic E-state index is -4.57. The standard InChI is InChI=1S/C22H23ClF3N3O2S/c1-13(2)19(20(30)27-16-7-5-4-6-15(16)22(24,25)26)32-21-28-17-12-14(23)8-9-18(17)29(21)10-11-31-3/h4-9,12-13,19H,10-11H2,1-3H3,(H,27,30). The molecule has 1 amide bonds. The summed E-state index contributed by atoms with van der Waals surface area (Å²) in [6.45, 7) is 4.61. The number of fused-ring (bicyclic) bond motifs is 1. The molecule has 0 bridgehead atoms. The molecular formula is C22H23ClF3N3O2S. The van der Waals surface area contributed by atoms with E-state index in [0.717, 1.165) is 11.6 Å². The number of imidazole rings is 1. The first-order valence-electron chi connectivity index (χ1n) is 9.90. The van der Waals surface area contributed by atoms with Crippen LogP contribution in [0.15, 0.2) is 47.6 Å². The van der Waals surface area contributed by atoms with E-state index in [1.807, 2.05) is 24.5 Å². The van der Waals surface area contributed by atoms with Crippen molar-refractivity contribution in [3.05, 3.63) is 53.1 Å². The summed E-state index contributed by atoms with van der Waals surface area (Å²) in [5.74, 6) is -0.692. The van der Waals surface area contributed by atoms with Crippen LogP contribution in [-0.4, -0.2) is 34.4 Å². The number of benzene rings is 2. The fraction of sp³-hybridized carbons (Fsp3) is 0.364. The monoisotopic (exact) mass is 485 g/mol. The van der Waals surface area contributed by atoms with Gasteiger partial charge in [0.2, 0.25) is 5.91 Å². The Morgan fingerprint density at radius 1 is 1.25 bits per heavy atom. The minimum absolute atomic E-state index is 0.169. The molecule has 0 aliphatic rings. The largest absolute Gasteiger partial charge is 0.418 e. The fourth-order valence-electron chi connectivity index (χ4n) is 3.22. The van der Waals surface area contributed by atoms with E-state index >= 15 is 0 Å². The summed E-state index contributed by atoms with van der Waals surface area (Å²) in [5, 5.41) is 2.89. The van der Waals surface area contributed by atoms with Gasteiger partial charge >= 0.3 is 6.18 Å². The SMILES string of the molecule is COCCn1c(SC(C(=O)Nc2ccccc2C(F)(F)F)C(C)C)nc2cc(Cl)ccc21. The summed E-state index contributed by atoms with van der Waals surface area (Å²) < 4.78 is 47.1. The molecule has 1 unspecified atom stereocenters. The number of amides is 1. The van der Waals surface area contributed by atoms with Crippen LogP contribution in [0.3, 0.4) is 0 Å². The van der Waals surface area contributed by atoms with Gasteiger partial charge in [-0.3, -0.25) is 4.79 Å². The number of hydrogen-bond donors (Lipinski definition) is 1. The van der Waals surface area contributed by atoms with Gasteiger partial charge in [0.05, 0.1) is 34.1 Å². The average molecular weight is 486 g/mol. The molecule has 0 saturated heterocycles. The zero-order chi connectivity index (χ0) is 23.5. The van der Waals surface area contributed by atoms with E-state index in [4.69, 9.17) is 16.3 Å². The summed E-state index contributed by atoms with van der Waals surface area (Å²) in [6, 6.07) is 10.3. The van der Waals surface area contributed by atoms with E-state index in [-0.39, 0.29) is 11.6 Å². The molecule has 0 saturated carbocycles. The molecule has 5 nitrogen and oxygen atoms in total. The van der Waals surface area contributed by atoms with Crippen molar-refractivity contribution in [3.63, 3.8) is 0 Å². The molecule has 1 aromatic heterocycles. The van der Waals surface area contributed by atoms with Crippen LogP contribution < -0.4 is 5.32 Å². The first kappa shape index (κ1) is 24.4. The molecule has 3 rings (SSSR count). The van der Waals surface area contributed by atoms with E-state index in [0.29, 0.717) is 28.8 Å². The Balaban J connectivity index is 1.92. The maximum absolute atomic E-state index is 13.3. The van der Waals surface area contributed by atoms with Gasteiger partial charge in [-0.1, -0.05) is 49.3 Å². The van der Waals surface area contributed by atoms with Gasteiger partial charge < -0.3 is 14.6 Å². The number of rotatable bonds is 8. The van der Waals surface area contributed by atoms with Crippen LogP contribution >= 0.6 is 23.4 Å². The normalized spacial score (nSPS) is 13.0. The number of alkyl halides is 3. The number of carbonyl (C=O) groups excluding carboxylic acids is 1. The van der Waals surface area contributed by atoms with E-state index in [1.54, 1.807) is 19.2 Å². The molecule has 0 fully saturated rings. The molecule has 1 atom stereocenters. The highest BCUT2D eigenvalue weighted by molar-refractivity contribution is 8.00. The summed E-state index contributed by atoms with van der Waals surface area (Å²) >= 11 is 7.30. The Kier molecular flexibility index (Phi) is 7.74. The zero-order valence-corrected chi connectivity index (χ0v) is 19.3. The summed E-state index contributed by atoms with van der Waals surface area (Å²) in [6.07, 6.45) is -4.57. The highest BCUT2D eigenvalue weighted by atomic mass is 35.5. The third kappa shape index (κ3) is 5.57. The van der Waals surface area contributed by atoms with E-state index in [9.17, 15) is 18.0 Å². The fourth-order valence-corrected chi connectivity index (χ4v) is 4.52. The lowest BCUT2D eigenvalue weighted by Crippen LogP contribution is -2.31. The first-order valence-corrected chi connectivity index (χ1v) is 11.2. The zero-order valence-electron chi connectivity index (χ0n) is 17.7. The lowest BCUT2D eigenvalue weighted by Gasteiger charge is -2.21. The van der Waals surface area contributed by atoms with E-state index < -0.39 is 22.9 Å². The number of carbonyl (C=O) groups is 1. The number of aromatic nitrogens is 2. The number of methoxy groups -OCH3 is 1. The number of anilines is 1. The Hall–Kier alpha value is -2.23. The predicted octanol–water partition coefficient (Wildman–Crippen LogP) is 6.11. The topological polar surface area (TPSA) is 56.1 Å². The van der Waals surface area contributed by atoms with Crippen LogP contribution in [0.4, 0.5) is 18.9 Å². The minimum Gasteiger partial charge on any atom is -0.383 e. The van der Waals surface area contributed by atoms with Crippen LogP contribution in [0.1, 0.15) is 19.4 Å². The van der Waals surface area contributed by atoms with E-state index in [2.05, 4.69) is 10.3 Å². The van der Waals surface area contributed by atoms with E-state index in [1.165, 1.54) is 30.0 Å². The highest BCUT2D eigenvalue weighted by Crippen LogP contribution is 2.36. The van der Waals surface area contributed by atoms with Crippen LogP contribution in [0.2, 0.25) is 5.02 Å².